The van der Waals surface area contributed by atoms with E-state index in [1.165, 1.54) is 6.92 Å². The maximum Gasteiger partial charge on any atom is 1.00 e. The number of halogens is 1. The Morgan fingerprint density at radius 3 is 1.62 bits per heavy atom. The molecule has 0 aliphatic rings. The van der Waals surface area contributed by atoms with Crippen molar-refractivity contribution in [2.45, 2.75) is 12.6 Å². The molecule has 0 atom stereocenters. The van der Waals surface area contributed by atoms with Crippen LogP contribution in [0.15, 0.2) is 12.2 Å². The Labute approximate surface area is 119 Å². The molecule has 0 aromatic heterocycles. The zero-order valence-corrected chi connectivity index (χ0v) is 11.7. The molecule has 0 saturated carbocycles. The van der Waals surface area contributed by atoms with Crippen LogP contribution in [-0.2, 0) is 9.59 Å². The second-order valence-electron chi connectivity index (χ2n) is 1.79. The first-order valence-electron chi connectivity index (χ1n) is 2.70. The molecule has 0 amide bonds. The molecule has 0 fully saturated rings. The number of carboxylic acids is 2. The van der Waals surface area contributed by atoms with Crippen LogP contribution < -0.4 is 69.3 Å². The SMILES string of the molecule is CC=CC(F)(C(=O)[O-])C(=O)[O-].[Na+].[Na+]. The molecule has 0 aromatic carbocycles. The van der Waals surface area contributed by atoms with Gasteiger partial charge in [-0.3, -0.25) is 0 Å². The Hall–Kier alpha value is 0.610. The first kappa shape index (κ1) is 19.2. The summed E-state index contributed by atoms with van der Waals surface area (Å²) in [7, 11) is 0. The summed E-state index contributed by atoms with van der Waals surface area (Å²) < 4.78 is 12.6. The van der Waals surface area contributed by atoms with Crippen molar-refractivity contribution in [1.29, 1.82) is 0 Å². The van der Waals surface area contributed by atoms with Crippen LogP contribution in [0, 0.1) is 0 Å². The third-order valence-electron chi connectivity index (χ3n) is 0.990. The van der Waals surface area contributed by atoms with E-state index in [9.17, 15) is 24.2 Å². The normalized spacial score (nSPS) is 10.0. The summed E-state index contributed by atoms with van der Waals surface area (Å²) >= 11 is 0. The first-order chi connectivity index (χ1) is 4.95. The fourth-order valence-electron chi connectivity index (χ4n) is 0.449. The summed E-state index contributed by atoms with van der Waals surface area (Å²) in [6, 6.07) is 0. The zero-order valence-electron chi connectivity index (χ0n) is 7.67. The van der Waals surface area contributed by atoms with Crippen molar-refractivity contribution in [3.8, 4) is 0 Å². The van der Waals surface area contributed by atoms with E-state index in [0.717, 1.165) is 6.08 Å². The Morgan fingerprint density at radius 1 is 1.23 bits per heavy atom. The van der Waals surface area contributed by atoms with Gasteiger partial charge in [0, 0.05) is 0 Å². The third kappa shape index (κ3) is 5.15. The van der Waals surface area contributed by atoms with Crippen molar-refractivity contribution in [2.24, 2.45) is 0 Å². The average Bonchev–Trinajstić information content (AvgIpc) is 1.87. The molecule has 4 nitrogen and oxygen atoms in total. The first-order valence-corrected chi connectivity index (χ1v) is 2.70. The van der Waals surface area contributed by atoms with E-state index in [4.69, 9.17) is 0 Å². The number of aliphatic carboxylic acids is 2. The quantitative estimate of drug-likeness (QED) is 0.261. The monoisotopic (exact) mass is 206 g/mol. The molecule has 0 aliphatic heterocycles. The molecule has 0 spiro atoms. The molecule has 0 N–H and O–H groups in total. The van der Waals surface area contributed by atoms with Crippen molar-refractivity contribution in [2.75, 3.05) is 0 Å². The molecule has 0 bridgehead atoms. The number of carboxylic acid groups (broad SMARTS) is 2. The van der Waals surface area contributed by atoms with Gasteiger partial charge < -0.3 is 19.8 Å². The fourth-order valence-corrected chi connectivity index (χ4v) is 0.449. The predicted octanol–water partition coefficient (Wildman–Crippen LogP) is -8.22. The van der Waals surface area contributed by atoms with E-state index < -0.39 is 17.6 Å². The van der Waals surface area contributed by atoms with Gasteiger partial charge in [0.15, 0.2) is 0 Å². The van der Waals surface area contributed by atoms with E-state index >= 15 is 0 Å². The molecular weight excluding hydrogens is 201 g/mol. The Balaban J connectivity index is -0.000000500. The molecule has 0 unspecified atom stereocenters. The molecule has 0 saturated heterocycles. The van der Waals surface area contributed by atoms with Gasteiger partial charge in [0.25, 0.3) is 0 Å². The van der Waals surface area contributed by atoms with Gasteiger partial charge in [-0.15, -0.1) is 0 Å². The number of rotatable bonds is 3. The number of hydrogen-bond acceptors (Lipinski definition) is 4. The molecule has 62 valence electrons. The van der Waals surface area contributed by atoms with Gasteiger partial charge in [-0.2, -0.15) is 0 Å². The minimum Gasteiger partial charge on any atom is -0.546 e. The summed E-state index contributed by atoms with van der Waals surface area (Å²) in [6.07, 6.45) is 1.29. The van der Waals surface area contributed by atoms with E-state index in [1.807, 2.05) is 0 Å². The number of carbonyl (C=O) groups excluding carboxylic acids is 2. The van der Waals surface area contributed by atoms with Gasteiger partial charge in [-0.05, 0) is 13.0 Å². The topological polar surface area (TPSA) is 80.3 Å². The number of alkyl halides is 1. The molecule has 0 rings (SSSR count). The van der Waals surface area contributed by atoms with Gasteiger partial charge in [0.05, 0.1) is 11.9 Å². The summed E-state index contributed by atoms with van der Waals surface area (Å²) in [6.45, 7) is 1.28. The molecule has 0 radical (unpaired) electrons. The fraction of sp³-hybridized carbons (Fsp3) is 0.333. The Morgan fingerprint density at radius 2 is 1.54 bits per heavy atom. The summed E-state index contributed by atoms with van der Waals surface area (Å²) in [5, 5.41) is 19.8. The van der Waals surface area contributed by atoms with Crippen LogP contribution in [0.1, 0.15) is 6.92 Å². The minimum atomic E-state index is -3.52. The maximum atomic E-state index is 12.6. The van der Waals surface area contributed by atoms with Crippen molar-refractivity contribution >= 4 is 11.9 Å². The predicted molar refractivity (Wildman–Crippen MR) is 28.7 cm³/mol. The summed E-state index contributed by atoms with van der Waals surface area (Å²) in [4.78, 5) is 19.8. The molecule has 0 aromatic rings. The minimum absolute atomic E-state index is 0. The molecule has 13 heavy (non-hydrogen) atoms. The van der Waals surface area contributed by atoms with E-state index in [-0.39, 0.29) is 59.1 Å². The molecule has 7 heteroatoms. The summed E-state index contributed by atoms with van der Waals surface area (Å²) in [5.74, 6) is -4.67. The van der Waals surface area contributed by atoms with E-state index in [0.29, 0.717) is 6.08 Å². The zero-order chi connectivity index (χ0) is 9.07. The van der Waals surface area contributed by atoms with E-state index in [1.54, 1.807) is 0 Å². The van der Waals surface area contributed by atoms with Gasteiger partial charge in [0.1, 0.15) is 0 Å². The maximum absolute atomic E-state index is 12.6. The van der Waals surface area contributed by atoms with Crippen molar-refractivity contribution < 1.29 is 83.3 Å². The largest absolute Gasteiger partial charge is 1.00 e. The van der Waals surface area contributed by atoms with Gasteiger partial charge in [0.2, 0.25) is 5.67 Å². The van der Waals surface area contributed by atoms with E-state index in [2.05, 4.69) is 0 Å². The summed E-state index contributed by atoms with van der Waals surface area (Å²) in [5.41, 5.74) is -3.52. The number of carbonyl (C=O) groups is 2. The van der Waals surface area contributed by atoms with Crippen molar-refractivity contribution in [3.63, 3.8) is 0 Å². The van der Waals surface area contributed by atoms with Crippen LogP contribution in [0.2, 0.25) is 0 Å². The second-order valence-corrected chi connectivity index (χ2v) is 1.79. The average molecular weight is 206 g/mol. The molecule has 0 heterocycles. The van der Waals surface area contributed by atoms with Crippen LogP contribution in [0.5, 0.6) is 0 Å². The third-order valence-corrected chi connectivity index (χ3v) is 0.990. The van der Waals surface area contributed by atoms with Crippen LogP contribution in [0.25, 0.3) is 0 Å². The van der Waals surface area contributed by atoms with Gasteiger partial charge in [-0.25, -0.2) is 4.39 Å². The van der Waals surface area contributed by atoms with Crippen molar-refractivity contribution in [3.05, 3.63) is 12.2 Å². The Kier molecular flexibility index (Phi) is 11.8. The second kappa shape index (κ2) is 7.96. The number of allylic oxidation sites excluding steroid dienone is 1. The molecular formula is C6H5FNa2O4. The van der Waals surface area contributed by atoms with Crippen LogP contribution in [-0.4, -0.2) is 17.6 Å². The standard InChI is InChI=1S/C6H7FO4.2Na/c1-2-3-6(7,4(8)9)5(10)11;;/h2-3H,1H3,(H,8,9)(H,10,11);;/q;2*+1/p-2. The van der Waals surface area contributed by atoms with Gasteiger partial charge in [-0.1, -0.05) is 6.08 Å². The van der Waals surface area contributed by atoms with Crippen LogP contribution in [0.3, 0.4) is 0 Å². The van der Waals surface area contributed by atoms with Crippen LogP contribution in [0.4, 0.5) is 4.39 Å². The van der Waals surface area contributed by atoms with Gasteiger partial charge >= 0.3 is 59.1 Å². The molecule has 0 aliphatic carbocycles. The Bertz CT molecular complexity index is 203. The van der Waals surface area contributed by atoms with Crippen molar-refractivity contribution in [1.82, 2.24) is 0 Å². The van der Waals surface area contributed by atoms with Crippen LogP contribution >= 0.6 is 0 Å². The number of hydrogen-bond donors (Lipinski definition) is 0. The smallest absolute Gasteiger partial charge is 0.546 e.